The highest BCUT2D eigenvalue weighted by Gasteiger charge is 2.43. The predicted octanol–water partition coefficient (Wildman–Crippen LogP) is 3.39. The SMILES string of the molecule is CNC(=O)c1ccc(C2=c3cc4c(c(S(=O)(=O)[O-])c3Oc3c2cc2c(c3S(=O)(=O)[O-])CC(C)C2(C)C)=CC(C)C4(C)C)cc1. The lowest BCUT2D eigenvalue weighted by Crippen LogP contribution is -2.32. The minimum absolute atomic E-state index is 0.0159. The van der Waals surface area contributed by atoms with E-state index in [9.17, 15) is 30.7 Å². The van der Waals surface area contributed by atoms with E-state index in [0.717, 1.165) is 0 Å². The Morgan fingerprint density at radius 1 is 0.886 bits per heavy atom. The molecule has 2 atom stereocenters. The average Bonchev–Trinajstić information content (AvgIpc) is 3.28. The normalized spacial score (nSPS) is 21.0. The molecule has 0 saturated heterocycles. The Labute approximate surface area is 257 Å². The maximum absolute atomic E-state index is 13.0. The van der Waals surface area contributed by atoms with Crippen LogP contribution >= 0.6 is 0 Å². The highest BCUT2D eigenvalue weighted by atomic mass is 32.2. The number of carbonyl (C=O) groups excluding carboxylic acids is 1. The molecule has 0 spiro atoms. The van der Waals surface area contributed by atoms with Crippen molar-refractivity contribution in [2.75, 3.05) is 7.05 Å². The van der Waals surface area contributed by atoms with Crippen LogP contribution in [0.2, 0.25) is 0 Å². The molecule has 0 saturated carbocycles. The lowest BCUT2D eigenvalue weighted by Gasteiger charge is -2.31. The fourth-order valence-electron chi connectivity index (χ4n) is 6.92. The van der Waals surface area contributed by atoms with Crippen LogP contribution in [0.3, 0.4) is 0 Å². The van der Waals surface area contributed by atoms with Crippen LogP contribution in [0, 0.1) is 11.8 Å². The van der Waals surface area contributed by atoms with Gasteiger partial charge in [0.25, 0.3) is 5.91 Å². The molecule has 3 aromatic carbocycles. The smallest absolute Gasteiger partial charge is 0.251 e. The zero-order valence-corrected chi connectivity index (χ0v) is 27.1. The van der Waals surface area contributed by atoms with E-state index in [-0.39, 0.29) is 39.7 Å². The fourth-order valence-corrected chi connectivity index (χ4v) is 8.62. The largest absolute Gasteiger partial charge is 0.744 e. The molecule has 11 heteroatoms. The summed E-state index contributed by atoms with van der Waals surface area (Å²) in [6, 6.07) is 10.2. The number of rotatable bonds is 4. The predicted molar refractivity (Wildman–Crippen MR) is 162 cm³/mol. The summed E-state index contributed by atoms with van der Waals surface area (Å²) < 4.78 is 84.2. The molecule has 3 aromatic rings. The third-order valence-electron chi connectivity index (χ3n) is 10.2. The van der Waals surface area contributed by atoms with E-state index < -0.39 is 40.9 Å². The summed E-state index contributed by atoms with van der Waals surface area (Å²) in [5.74, 6) is -1.07. The summed E-state index contributed by atoms with van der Waals surface area (Å²) in [5.41, 5.74) is 2.20. The van der Waals surface area contributed by atoms with Crippen LogP contribution in [-0.4, -0.2) is 38.9 Å². The molecule has 1 aliphatic heterocycles. The maximum Gasteiger partial charge on any atom is 0.251 e. The van der Waals surface area contributed by atoms with Crippen LogP contribution in [0.4, 0.5) is 0 Å². The lowest BCUT2D eigenvalue weighted by molar-refractivity contribution is 0.0963. The van der Waals surface area contributed by atoms with Crippen LogP contribution in [0.1, 0.15) is 79.7 Å². The van der Waals surface area contributed by atoms with Gasteiger partial charge in [-0.3, -0.25) is 4.79 Å². The first-order valence-corrected chi connectivity index (χ1v) is 17.2. The summed E-state index contributed by atoms with van der Waals surface area (Å²) >= 11 is 0. The Balaban J connectivity index is 1.86. The number of fused-ring (bicyclic) bond motifs is 4. The average molecular weight is 636 g/mol. The van der Waals surface area contributed by atoms with E-state index in [1.807, 2.05) is 47.6 Å². The molecule has 0 aromatic heterocycles. The molecule has 2 aliphatic carbocycles. The zero-order valence-electron chi connectivity index (χ0n) is 25.5. The zero-order chi connectivity index (χ0) is 32.3. The van der Waals surface area contributed by atoms with E-state index in [1.54, 1.807) is 36.4 Å². The van der Waals surface area contributed by atoms with Gasteiger partial charge in [0.15, 0.2) is 11.5 Å². The number of benzene rings is 3. The molecule has 1 N–H and O–H groups in total. The van der Waals surface area contributed by atoms with Crippen molar-refractivity contribution in [1.82, 2.24) is 5.32 Å². The minimum atomic E-state index is -5.16. The van der Waals surface area contributed by atoms with Crippen molar-refractivity contribution < 1.29 is 35.5 Å². The third kappa shape index (κ3) is 4.28. The maximum atomic E-state index is 13.0. The molecule has 0 bridgehead atoms. The molecule has 3 aliphatic rings. The van der Waals surface area contributed by atoms with Gasteiger partial charge in [-0.2, -0.15) is 0 Å². The first-order valence-electron chi connectivity index (χ1n) is 14.4. The minimum Gasteiger partial charge on any atom is -0.744 e. The molecule has 6 rings (SSSR count). The van der Waals surface area contributed by atoms with Crippen molar-refractivity contribution in [3.63, 3.8) is 0 Å². The highest BCUT2D eigenvalue weighted by molar-refractivity contribution is 7.86. The van der Waals surface area contributed by atoms with Crippen molar-refractivity contribution >= 4 is 37.8 Å². The summed E-state index contributed by atoms with van der Waals surface area (Å²) in [6.45, 7) is 11.8. The van der Waals surface area contributed by atoms with E-state index in [1.165, 1.54) is 7.05 Å². The molecular weight excluding hydrogens is 602 g/mol. The summed E-state index contributed by atoms with van der Waals surface area (Å²) in [5, 5.41) is 3.07. The molecule has 1 heterocycles. The van der Waals surface area contributed by atoms with Crippen LogP contribution in [0.5, 0.6) is 11.5 Å². The summed E-state index contributed by atoms with van der Waals surface area (Å²) in [6.07, 6.45) is 2.02. The molecule has 44 heavy (non-hydrogen) atoms. The number of hydrogen-bond donors (Lipinski definition) is 1. The van der Waals surface area contributed by atoms with Crippen molar-refractivity contribution in [2.24, 2.45) is 11.8 Å². The molecule has 1 amide bonds. The van der Waals surface area contributed by atoms with Crippen molar-refractivity contribution in [2.45, 2.75) is 68.6 Å². The highest BCUT2D eigenvalue weighted by Crippen LogP contribution is 2.52. The van der Waals surface area contributed by atoms with Crippen molar-refractivity contribution in [3.05, 3.63) is 80.2 Å². The summed E-state index contributed by atoms with van der Waals surface area (Å²) in [4.78, 5) is 11.2. The van der Waals surface area contributed by atoms with Gasteiger partial charge in [0.1, 0.15) is 30.0 Å². The van der Waals surface area contributed by atoms with Crippen LogP contribution < -0.4 is 20.5 Å². The van der Waals surface area contributed by atoms with Gasteiger partial charge in [0, 0.05) is 29.0 Å². The van der Waals surface area contributed by atoms with E-state index in [2.05, 4.69) is 5.32 Å². The van der Waals surface area contributed by atoms with E-state index in [4.69, 9.17) is 4.74 Å². The second kappa shape index (κ2) is 9.50. The van der Waals surface area contributed by atoms with Gasteiger partial charge in [-0.25, -0.2) is 16.8 Å². The lowest BCUT2D eigenvalue weighted by atomic mass is 9.77. The second-order valence-corrected chi connectivity index (χ2v) is 15.8. The Hall–Kier alpha value is -3.51. The number of nitrogens with one attached hydrogen (secondary N) is 1. The molecule has 9 nitrogen and oxygen atoms in total. The van der Waals surface area contributed by atoms with Gasteiger partial charge >= 0.3 is 0 Å². The molecule has 0 radical (unpaired) electrons. The quantitative estimate of drug-likeness (QED) is 0.335. The first-order chi connectivity index (χ1) is 20.3. The second-order valence-electron chi connectivity index (χ2n) is 13.2. The molecule has 232 valence electrons. The van der Waals surface area contributed by atoms with Crippen LogP contribution in [-0.2, 0) is 37.5 Å². The number of hydrogen-bond acceptors (Lipinski definition) is 8. The molecular formula is C33H33NO8S2-2. The van der Waals surface area contributed by atoms with Gasteiger partial charge in [-0.1, -0.05) is 59.8 Å². The number of carbonyl (C=O) groups is 1. The van der Waals surface area contributed by atoms with Crippen molar-refractivity contribution in [3.8, 4) is 11.5 Å². The van der Waals surface area contributed by atoms with Crippen LogP contribution in [0.25, 0.3) is 11.6 Å². The first kappa shape index (κ1) is 30.5. The Morgan fingerprint density at radius 2 is 1.50 bits per heavy atom. The van der Waals surface area contributed by atoms with E-state index >= 15 is 0 Å². The van der Waals surface area contributed by atoms with Gasteiger partial charge in [0.05, 0.1) is 0 Å². The van der Waals surface area contributed by atoms with Gasteiger partial charge in [-0.15, -0.1) is 0 Å². The van der Waals surface area contributed by atoms with E-state index in [0.29, 0.717) is 45.4 Å². The number of ether oxygens (including phenoxy) is 1. The topological polar surface area (TPSA) is 153 Å². The number of amides is 1. The Kier molecular flexibility index (Phi) is 6.59. The van der Waals surface area contributed by atoms with Crippen molar-refractivity contribution in [1.29, 1.82) is 0 Å². The van der Waals surface area contributed by atoms with Gasteiger partial charge in [0.2, 0.25) is 0 Å². The molecule has 0 fully saturated rings. The monoisotopic (exact) mass is 635 g/mol. The van der Waals surface area contributed by atoms with Crippen LogP contribution in [0.15, 0.2) is 46.2 Å². The summed E-state index contributed by atoms with van der Waals surface area (Å²) in [7, 11) is -8.79. The Morgan fingerprint density at radius 3 is 2.07 bits per heavy atom. The molecule has 2 unspecified atom stereocenters. The van der Waals surface area contributed by atoms with Gasteiger partial charge < -0.3 is 19.2 Å². The fraction of sp³-hybridized carbons (Fsp3) is 0.364. The van der Waals surface area contributed by atoms with Gasteiger partial charge in [-0.05, 0) is 80.8 Å². The third-order valence-corrected chi connectivity index (χ3v) is 12.0. The standard InChI is InChI=1S/C33H35NO8S2/c1-16-12-20-24(32(16,3)4)14-22-26(18-8-10-19(11-9-18)31(35)34-7)23-15-25-21(13-17(2)33(25,5)6)30(44(39,40)41)28(23)42-27(22)29(20)43(36,37)38/h8-12,14-17H,13H2,1-7H3,(H,34,35)(H,36,37,38)(H,39,40,41)/p-2. The Bertz CT molecular complexity index is 2150.